The summed E-state index contributed by atoms with van der Waals surface area (Å²) in [5.74, 6) is 0. The van der Waals surface area contributed by atoms with Gasteiger partial charge in [-0.1, -0.05) is 30.3 Å². The average Bonchev–Trinajstić information content (AvgIpc) is 2.48. The van der Waals surface area contributed by atoms with Gasteiger partial charge >= 0.3 is 11.2 Å². The van der Waals surface area contributed by atoms with Crippen LogP contribution < -0.4 is 0 Å². The van der Waals surface area contributed by atoms with Gasteiger partial charge in [0.25, 0.3) is 9.84 Å². The third kappa shape index (κ3) is 2.93. The van der Waals surface area contributed by atoms with E-state index in [0.717, 1.165) is 12.1 Å². The zero-order valence-corrected chi connectivity index (χ0v) is 11.8. The largest absolute Gasteiger partial charge is 0.417 e. The number of alkyl halides is 3. The molecule has 4 nitrogen and oxygen atoms in total. The molecule has 2 aromatic rings. The maximum absolute atomic E-state index is 13.0. The first-order valence-corrected chi connectivity index (χ1v) is 7.45. The lowest BCUT2D eigenvalue weighted by atomic mass is 10.2. The Labute approximate surface area is 124 Å². The predicted octanol–water partition coefficient (Wildman–Crippen LogP) is 3.16. The van der Waals surface area contributed by atoms with Crippen molar-refractivity contribution in [2.24, 2.45) is 0 Å². The highest BCUT2D eigenvalue weighted by Crippen LogP contribution is 2.34. The molecule has 0 unspecified atom stereocenters. The molecule has 0 saturated carbocycles. The van der Waals surface area contributed by atoms with Gasteiger partial charge in [0, 0.05) is 0 Å². The van der Waals surface area contributed by atoms with Crippen molar-refractivity contribution >= 4 is 14.9 Å². The Morgan fingerprint density at radius 3 is 2.05 bits per heavy atom. The summed E-state index contributed by atoms with van der Waals surface area (Å²) in [6, 6.07) is 10.9. The highest BCUT2D eigenvalue weighted by atomic mass is 32.2. The standard InChI is InChI=1S/C14H9F3N2O2S/c15-14(16,17)11-8-4-5-9-12(11)22(20,21)13(19-18)10-6-2-1-3-7-10/h1-9H. The first kappa shape index (κ1) is 15.9. The van der Waals surface area contributed by atoms with Gasteiger partial charge < -0.3 is 5.53 Å². The van der Waals surface area contributed by atoms with Gasteiger partial charge in [-0.15, -0.1) is 0 Å². The van der Waals surface area contributed by atoms with E-state index in [2.05, 4.69) is 4.79 Å². The van der Waals surface area contributed by atoms with Crippen LogP contribution in [0.4, 0.5) is 13.2 Å². The van der Waals surface area contributed by atoms with Gasteiger partial charge in [0.1, 0.15) is 0 Å². The van der Waals surface area contributed by atoms with E-state index in [4.69, 9.17) is 5.53 Å². The molecule has 114 valence electrons. The van der Waals surface area contributed by atoms with E-state index in [1.54, 1.807) is 6.07 Å². The van der Waals surface area contributed by atoms with Gasteiger partial charge in [0.15, 0.2) is 0 Å². The monoisotopic (exact) mass is 326 g/mol. The maximum Gasteiger partial charge on any atom is 0.417 e. The van der Waals surface area contributed by atoms with Crippen LogP contribution in [-0.2, 0) is 16.0 Å². The molecule has 0 saturated heterocycles. The number of sulfone groups is 1. The molecule has 0 aliphatic heterocycles. The normalized spacial score (nSPS) is 11.8. The molecule has 0 heterocycles. The first-order valence-electron chi connectivity index (χ1n) is 5.97. The third-order valence-electron chi connectivity index (χ3n) is 2.85. The fourth-order valence-corrected chi connectivity index (χ4v) is 3.38. The Hall–Kier alpha value is -2.44. The minimum atomic E-state index is -4.85. The minimum Gasteiger partial charge on any atom is -0.360 e. The van der Waals surface area contributed by atoms with Crippen molar-refractivity contribution in [1.82, 2.24) is 0 Å². The van der Waals surface area contributed by atoms with Crippen molar-refractivity contribution in [1.29, 1.82) is 0 Å². The Bertz CT molecular complexity index is 840. The van der Waals surface area contributed by atoms with Crippen LogP contribution in [0.15, 0.2) is 59.5 Å². The predicted molar refractivity (Wildman–Crippen MR) is 72.8 cm³/mol. The van der Waals surface area contributed by atoms with E-state index in [1.165, 1.54) is 30.3 Å². The Kier molecular flexibility index (Phi) is 4.16. The van der Waals surface area contributed by atoms with Crippen LogP contribution in [0.1, 0.15) is 11.1 Å². The number of nitrogens with zero attached hydrogens (tertiary/aromatic N) is 2. The fraction of sp³-hybridized carbons (Fsp3) is 0.0714. The molecule has 0 spiro atoms. The molecule has 8 heteroatoms. The summed E-state index contributed by atoms with van der Waals surface area (Å²) in [6.45, 7) is 0. The van der Waals surface area contributed by atoms with Crippen LogP contribution in [0.2, 0.25) is 0 Å². The molecule has 2 rings (SSSR count). The SMILES string of the molecule is [N-]=[N+]=C(c1ccccc1)S(=O)(=O)c1ccccc1C(F)(F)F. The lowest BCUT2D eigenvalue weighted by Gasteiger charge is -2.11. The van der Waals surface area contributed by atoms with Gasteiger partial charge in [0.2, 0.25) is 0 Å². The van der Waals surface area contributed by atoms with Gasteiger partial charge in [-0.3, -0.25) is 0 Å². The molecule has 0 atom stereocenters. The molecule has 0 bridgehead atoms. The van der Waals surface area contributed by atoms with Crippen LogP contribution in [-0.4, -0.2) is 18.3 Å². The summed E-state index contributed by atoms with van der Waals surface area (Å²) in [5.41, 5.74) is 7.67. The zero-order valence-electron chi connectivity index (χ0n) is 10.9. The van der Waals surface area contributed by atoms with Gasteiger partial charge in [0.05, 0.1) is 16.0 Å². The number of halogens is 3. The van der Waals surface area contributed by atoms with E-state index in [-0.39, 0.29) is 5.56 Å². The zero-order chi connectivity index (χ0) is 16.4. The quantitative estimate of drug-likeness (QED) is 0.368. The molecule has 22 heavy (non-hydrogen) atoms. The van der Waals surface area contributed by atoms with Crippen LogP contribution in [0.3, 0.4) is 0 Å². The van der Waals surface area contributed by atoms with Gasteiger partial charge in [-0.2, -0.15) is 18.0 Å². The summed E-state index contributed by atoms with van der Waals surface area (Å²) >= 11 is 0. The second-order valence-corrected chi connectivity index (χ2v) is 6.10. The first-order chi connectivity index (χ1) is 10.3. The lowest BCUT2D eigenvalue weighted by molar-refractivity contribution is -0.139. The fourth-order valence-electron chi connectivity index (χ4n) is 1.89. The smallest absolute Gasteiger partial charge is 0.360 e. The molecule has 0 aromatic heterocycles. The van der Waals surface area contributed by atoms with Crippen LogP contribution in [0.25, 0.3) is 5.53 Å². The van der Waals surface area contributed by atoms with Crippen molar-refractivity contribution in [2.45, 2.75) is 11.1 Å². The van der Waals surface area contributed by atoms with E-state index in [9.17, 15) is 21.6 Å². The Balaban J connectivity index is 2.69. The minimum absolute atomic E-state index is 0.0121. The van der Waals surface area contributed by atoms with Crippen molar-refractivity contribution in [3.63, 3.8) is 0 Å². The summed E-state index contributed by atoms with van der Waals surface area (Å²) in [7, 11) is -4.64. The van der Waals surface area contributed by atoms with Crippen molar-refractivity contribution in [3.05, 3.63) is 71.3 Å². The Morgan fingerprint density at radius 1 is 0.955 bits per heavy atom. The molecule has 0 aliphatic carbocycles. The number of benzene rings is 2. The second kappa shape index (κ2) is 5.75. The molecular weight excluding hydrogens is 317 g/mol. The molecule has 0 fully saturated rings. The van der Waals surface area contributed by atoms with E-state index in [0.29, 0.717) is 6.07 Å². The van der Waals surface area contributed by atoms with Gasteiger partial charge in [-0.05, 0) is 24.3 Å². The number of hydrogen-bond acceptors (Lipinski definition) is 2. The summed E-state index contributed by atoms with van der Waals surface area (Å²) in [6.07, 6.45) is -4.85. The summed E-state index contributed by atoms with van der Waals surface area (Å²) < 4.78 is 63.8. The number of rotatable bonds is 2. The second-order valence-electron chi connectivity index (χ2n) is 4.27. The highest BCUT2D eigenvalue weighted by Gasteiger charge is 2.41. The molecule has 0 N–H and O–H groups in total. The molecule has 0 aliphatic rings. The molecule has 0 radical (unpaired) electrons. The van der Waals surface area contributed by atoms with Crippen LogP contribution in [0.5, 0.6) is 0 Å². The molecule has 2 aromatic carbocycles. The number of hydrogen-bond donors (Lipinski definition) is 0. The Morgan fingerprint density at radius 2 is 1.50 bits per heavy atom. The molecule has 0 amide bonds. The van der Waals surface area contributed by atoms with E-state index >= 15 is 0 Å². The maximum atomic E-state index is 13.0. The highest BCUT2D eigenvalue weighted by molar-refractivity contribution is 8.06. The van der Waals surface area contributed by atoms with Crippen LogP contribution in [0, 0.1) is 0 Å². The van der Waals surface area contributed by atoms with E-state index < -0.39 is 31.5 Å². The summed E-state index contributed by atoms with van der Waals surface area (Å²) in [5, 5.41) is -0.843. The van der Waals surface area contributed by atoms with Gasteiger partial charge in [-0.25, -0.2) is 8.42 Å². The summed E-state index contributed by atoms with van der Waals surface area (Å²) in [4.78, 5) is 1.73. The van der Waals surface area contributed by atoms with Crippen molar-refractivity contribution in [3.8, 4) is 0 Å². The van der Waals surface area contributed by atoms with Crippen LogP contribution >= 0.6 is 0 Å². The lowest BCUT2D eigenvalue weighted by Crippen LogP contribution is -2.21. The molecular formula is C14H9F3N2O2S. The average molecular weight is 326 g/mol. The third-order valence-corrected chi connectivity index (χ3v) is 4.61. The van der Waals surface area contributed by atoms with E-state index in [1.807, 2.05) is 0 Å². The topological polar surface area (TPSA) is 70.5 Å². The van der Waals surface area contributed by atoms with Crippen molar-refractivity contribution < 1.29 is 26.4 Å². The van der Waals surface area contributed by atoms with Crippen molar-refractivity contribution in [2.75, 3.05) is 0 Å².